The highest BCUT2D eigenvalue weighted by atomic mass is 16.4. The Morgan fingerprint density at radius 3 is 2.57 bits per heavy atom. The number of carboxylic acid groups (broad SMARTS) is 1. The molecule has 3 aromatic rings. The monoisotopic (exact) mass is 312 g/mol. The van der Waals surface area contributed by atoms with Gasteiger partial charge in [0.25, 0.3) is 5.91 Å². The Labute approximate surface area is 129 Å². The summed E-state index contributed by atoms with van der Waals surface area (Å²) >= 11 is 0. The van der Waals surface area contributed by atoms with Crippen molar-refractivity contribution >= 4 is 23.0 Å². The fourth-order valence-electron chi connectivity index (χ4n) is 2.24. The zero-order chi connectivity index (χ0) is 16.4. The predicted octanol–water partition coefficient (Wildman–Crippen LogP) is 1.68. The third kappa shape index (κ3) is 2.98. The summed E-state index contributed by atoms with van der Waals surface area (Å²) in [7, 11) is 0. The van der Waals surface area contributed by atoms with E-state index in [0.29, 0.717) is 16.7 Å². The van der Waals surface area contributed by atoms with Crippen molar-refractivity contribution in [3.05, 3.63) is 70.2 Å². The molecule has 7 nitrogen and oxygen atoms in total. The third-order valence-electron chi connectivity index (χ3n) is 3.34. The quantitative estimate of drug-likeness (QED) is 0.678. The molecule has 116 valence electrons. The molecule has 0 aliphatic carbocycles. The number of carbonyl (C=O) groups is 2. The van der Waals surface area contributed by atoms with Gasteiger partial charge in [-0.3, -0.25) is 9.78 Å². The second-order valence-corrected chi connectivity index (χ2v) is 4.88. The molecule has 0 spiro atoms. The minimum absolute atomic E-state index is 0.219. The maximum atomic E-state index is 12.3. The number of carboxylic acids is 1. The molecule has 3 rings (SSSR count). The largest absolute Gasteiger partial charge is 0.479 e. The summed E-state index contributed by atoms with van der Waals surface area (Å²) in [5, 5.41) is 11.8. The Kier molecular flexibility index (Phi) is 3.68. The minimum Gasteiger partial charge on any atom is -0.479 e. The molecule has 1 amide bonds. The van der Waals surface area contributed by atoms with Crippen LogP contribution in [0.4, 0.5) is 0 Å². The number of nitrogens with one attached hydrogen (secondary N) is 2. The van der Waals surface area contributed by atoms with Crippen LogP contribution < -0.4 is 11.1 Å². The van der Waals surface area contributed by atoms with Crippen molar-refractivity contribution in [3.8, 4) is 0 Å². The maximum Gasteiger partial charge on any atom is 0.417 e. The molecule has 1 heterocycles. The van der Waals surface area contributed by atoms with Gasteiger partial charge in [-0.1, -0.05) is 30.3 Å². The number of oxazole rings is 1. The molecule has 3 N–H and O–H groups in total. The van der Waals surface area contributed by atoms with Crippen molar-refractivity contribution in [2.24, 2.45) is 0 Å². The topological polar surface area (TPSA) is 112 Å². The first kappa shape index (κ1) is 14.6. The lowest BCUT2D eigenvalue weighted by atomic mass is 10.1. The first-order chi connectivity index (χ1) is 11.0. The Morgan fingerprint density at radius 1 is 1.13 bits per heavy atom. The van der Waals surface area contributed by atoms with Gasteiger partial charge in [-0.15, -0.1) is 0 Å². The molecular weight excluding hydrogens is 300 g/mol. The van der Waals surface area contributed by atoms with E-state index >= 15 is 0 Å². The summed E-state index contributed by atoms with van der Waals surface area (Å²) < 4.78 is 4.85. The summed E-state index contributed by atoms with van der Waals surface area (Å²) in [6.45, 7) is 0. The maximum absolute atomic E-state index is 12.3. The van der Waals surface area contributed by atoms with Gasteiger partial charge in [0.2, 0.25) is 0 Å². The van der Waals surface area contributed by atoms with Crippen molar-refractivity contribution < 1.29 is 19.1 Å². The number of aliphatic carboxylic acids is 1. The van der Waals surface area contributed by atoms with Crippen molar-refractivity contribution in [2.75, 3.05) is 0 Å². The highest BCUT2D eigenvalue weighted by Crippen LogP contribution is 2.16. The summed E-state index contributed by atoms with van der Waals surface area (Å²) in [6, 6.07) is 11.6. The minimum atomic E-state index is -1.16. The van der Waals surface area contributed by atoms with E-state index in [4.69, 9.17) is 4.42 Å². The summed E-state index contributed by atoms with van der Waals surface area (Å²) in [5.41, 5.74) is 1.38. The molecular formula is C16H12N2O5. The molecule has 0 saturated heterocycles. The number of amides is 1. The second kappa shape index (κ2) is 5.80. The molecule has 0 aliphatic heterocycles. The van der Waals surface area contributed by atoms with E-state index in [1.165, 1.54) is 18.2 Å². The third-order valence-corrected chi connectivity index (χ3v) is 3.34. The number of carbonyl (C=O) groups excluding carboxylic acids is 1. The molecule has 1 atom stereocenters. The van der Waals surface area contributed by atoms with E-state index in [9.17, 15) is 19.5 Å². The van der Waals surface area contributed by atoms with Crippen LogP contribution in [0.1, 0.15) is 22.0 Å². The van der Waals surface area contributed by atoms with Crippen LogP contribution in [0, 0.1) is 0 Å². The second-order valence-electron chi connectivity index (χ2n) is 4.88. The fraction of sp³-hybridized carbons (Fsp3) is 0.0625. The van der Waals surface area contributed by atoms with E-state index in [2.05, 4.69) is 10.3 Å². The van der Waals surface area contributed by atoms with Gasteiger partial charge in [0.1, 0.15) is 0 Å². The van der Waals surface area contributed by atoms with E-state index < -0.39 is 23.7 Å². The standard InChI is InChI=1S/C16H12N2O5/c19-14(10-6-7-12-11(8-10)17-16(22)23-12)18-13(15(20)21)9-4-2-1-3-5-9/h1-8,13H,(H,17,22)(H,18,19)(H,20,21). The van der Waals surface area contributed by atoms with Crippen LogP contribution in [0.2, 0.25) is 0 Å². The smallest absolute Gasteiger partial charge is 0.417 e. The number of aromatic nitrogens is 1. The number of fused-ring (bicyclic) bond motifs is 1. The fourth-order valence-corrected chi connectivity index (χ4v) is 2.24. The number of rotatable bonds is 4. The average molecular weight is 312 g/mol. The summed E-state index contributed by atoms with van der Waals surface area (Å²) in [6.07, 6.45) is 0. The Bertz CT molecular complexity index is 926. The van der Waals surface area contributed by atoms with E-state index in [1.807, 2.05) is 0 Å². The van der Waals surface area contributed by atoms with E-state index in [-0.39, 0.29) is 5.56 Å². The average Bonchev–Trinajstić information content (AvgIpc) is 2.92. The van der Waals surface area contributed by atoms with Crippen molar-refractivity contribution in [1.29, 1.82) is 0 Å². The van der Waals surface area contributed by atoms with Crippen LogP contribution >= 0.6 is 0 Å². The normalized spacial score (nSPS) is 12.0. The first-order valence-corrected chi connectivity index (χ1v) is 6.76. The molecule has 1 aromatic heterocycles. The molecule has 0 radical (unpaired) electrons. The zero-order valence-corrected chi connectivity index (χ0v) is 11.8. The molecule has 7 heteroatoms. The molecule has 0 bridgehead atoms. The molecule has 0 aliphatic rings. The van der Waals surface area contributed by atoms with Crippen molar-refractivity contribution in [3.63, 3.8) is 0 Å². The molecule has 0 saturated carbocycles. The zero-order valence-electron chi connectivity index (χ0n) is 11.8. The van der Waals surface area contributed by atoms with Crippen molar-refractivity contribution in [2.45, 2.75) is 6.04 Å². The van der Waals surface area contributed by atoms with Crippen LogP contribution in [-0.2, 0) is 4.79 Å². The lowest BCUT2D eigenvalue weighted by Crippen LogP contribution is -2.33. The Balaban J connectivity index is 1.88. The lowest BCUT2D eigenvalue weighted by Gasteiger charge is -2.14. The highest BCUT2D eigenvalue weighted by Gasteiger charge is 2.22. The van der Waals surface area contributed by atoms with Gasteiger partial charge < -0.3 is 14.8 Å². The van der Waals surface area contributed by atoms with Gasteiger partial charge >= 0.3 is 11.7 Å². The molecule has 2 aromatic carbocycles. The van der Waals surface area contributed by atoms with E-state index in [1.54, 1.807) is 30.3 Å². The predicted molar refractivity (Wildman–Crippen MR) is 81.1 cm³/mol. The SMILES string of the molecule is O=C(NC(C(=O)O)c1ccccc1)c1ccc2oc(=O)[nH]c2c1. The summed E-state index contributed by atoms with van der Waals surface area (Å²) in [5.74, 6) is -2.35. The van der Waals surface area contributed by atoms with Gasteiger partial charge in [0.15, 0.2) is 11.6 Å². The van der Waals surface area contributed by atoms with Gasteiger partial charge in [-0.2, -0.15) is 0 Å². The molecule has 23 heavy (non-hydrogen) atoms. The number of H-pyrrole nitrogens is 1. The van der Waals surface area contributed by atoms with Crippen LogP contribution in [0.15, 0.2) is 57.7 Å². The molecule has 1 unspecified atom stereocenters. The number of hydrogen-bond donors (Lipinski definition) is 3. The Morgan fingerprint density at radius 2 is 1.87 bits per heavy atom. The van der Waals surface area contributed by atoms with Gasteiger partial charge in [-0.25, -0.2) is 9.59 Å². The van der Waals surface area contributed by atoms with Gasteiger partial charge in [0, 0.05) is 5.56 Å². The van der Waals surface area contributed by atoms with Crippen LogP contribution in [0.5, 0.6) is 0 Å². The summed E-state index contributed by atoms with van der Waals surface area (Å²) in [4.78, 5) is 37.3. The lowest BCUT2D eigenvalue weighted by molar-refractivity contribution is -0.139. The highest BCUT2D eigenvalue weighted by molar-refractivity contribution is 5.99. The van der Waals surface area contributed by atoms with Crippen LogP contribution in [-0.4, -0.2) is 22.0 Å². The van der Waals surface area contributed by atoms with Crippen LogP contribution in [0.3, 0.4) is 0 Å². The van der Waals surface area contributed by atoms with E-state index in [0.717, 1.165) is 0 Å². The molecule has 0 fully saturated rings. The van der Waals surface area contributed by atoms with Crippen molar-refractivity contribution in [1.82, 2.24) is 10.3 Å². The number of benzene rings is 2. The Hall–Kier alpha value is -3.35. The number of aromatic amines is 1. The van der Waals surface area contributed by atoms with Gasteiger partial charge in [-0.05, 0) is 23.8 Å². The van der Waals surface area contributed by atoms with Gasteiger partial charge in [0.05, 0.1) is 5.52 Å². The number of hydrogen-bond acceptors (Lipinski definition) is 4. The first-order valence-electron chi connectivity index (χ1n) is 6.76. The van der Waals surface area contributed by atoms with Crippen LogP contribution in [0.25, 0.3) is 11.1 Å².